The number of hydrogen-bond acceptors (Lipinski definition) is 5. The predicted octanol–water partition coefficient (Wildman–Crippen LogP) is 3.56. The van der Waals surface area contributed by atoms with Crippen molar-refractivity contribution in [3.8, 4) is 5.75 Å². The molecule has 0 spiro atoms. The van der Waals surface area contributed by atoms with E-state index in [1.165, 1.54) is 12.8 Å². The van der Waals surface area contributed by atoms with Crippen LogP contribution in [0.2, 0.25) is 0 Å². The summed E-state index contributed by atoms with van der Waals surface area (Å²) in [5, 5.41) is 4.13. The van der Waals surface area contributed by atoms with Crippen LogP contribution in [0.5, 0.6) is 5.75 Å². The van der Waals surface area contributed by atoms with E-state index in [4.69, 9.17) is 4.74 Å². The van der Waals surface area contributed by atoms with Gasteiger partial charge in [0.25, 0.3) is 5.91 Å². The maximum Gasteiger partial charge on any atom is 0.326 e. The molecule has 0 radical (unpaired) electrons. The smallest absolute Gasteiger partial charge is 0.326 e. The zero-order valence-corrected chi connectivity index (χ0v) is 18.0. The molecule has 2 N–H and O–H groups in total. The third kappa shape index (κ3) is 4.08. The van der Waals surface area contributed by atoms with Crippen LogP contribution >= 0.6 is 0 Å². The number of benzene rings is 3. The van der Waals surface area contributed by atoms with Crippen molar-refractivity contribution in [1.29, 1.82) is 0 Å². The molecular weight excluding hydrogens is 433 g/mol. The highest BCUT2D eigenvalue weighted by molar-refractivity contribution is 7.92. The molecule has 1 heterocycles. The molecule has 0 aromatic heterocycles. The summed E-state index contributed by atoms with van der Waals surface area (Å²) in [6.45, 7) is 0.429. The van der Waals surface area contributed by atoms with E-state index in [0.29, 0.717) is 11.3 Å². The first-order chi connectivity index (χ1) is 15.4. The number of carbonyl (C=O) groups excluding carboxylic acids is 1. The molecule has 3 aromatic carbocycles. The van der Waals surface area contributed by atoms with E-state index < -0.39 is 28.5 Å². The van der Waals surface area contributed by atoms with Crippen molar-refractivity contribution in [2.24, 2.45) is 5.92 Å². The third-order valence-electron chi connectivity index (χ3n) is 5.62. The van der Waals surface area contributed by atoms with Gasteiger partial charge < -0.3 is 10.1 Å². The minimum Gasteiger partial charge on any atom is -0.487 e. The number of anilines is 2. The molecule has 1 saturated heterocycles. The molecular formula is C23H22FN3O4S. The summed E-state index contributed by atoms with van der Waals surface area (Å²) in [5.74, 6) is -0.775. The quantitative estimate of drug-likeness (QED) is 0.569. The van der Waals surface area contributed by atoms with Crippen molar-refractivity contribution in [2.45, 2.75) is 19.4 Å². The molecule has 0 unspecified atom stereocenters. The normalized spacial score (nSPS) is 17.4. The van der Waals surface area contributed by atoms with Gasteiger partial charge in [-0.2, -0.15) is 8.42 Å². The maximum atomic E-state index is 15.8. The molecule has 1 amide bonds. The lowest BCUT2D eigenvalue weighted by atomic mass is 10.1. The third-order valence-corrected chi connectivity index (χ3v) is 6.99. The maximum absolute atomic E-state index is 15.8. The fourth-order valence-corrected chi connectivity index (χ4v) is 4.90. The number of fused-ring (bicyclic) bond motifs is 1. The highest BCUT2D eigenvalue weighted by Gasteiger charge is 2.38. The van der Waals surface area contributed by atoms with Gasteiger partial charge in [0.2, 0.25) is 0 Å². The molecule has 1 aliphatic heterocycles. The second-order valence-electron chi connectivity index (χ2n) is 8.11. The summed E-state index contributed by atoms with van der Waals surface area (Å²) in [7, 11) is -4.21. The van der Waals surface area contributed by atoms with Gasteiger partial charge in [-0.3, -0.25) is 4.79 Å². The van der Waals surface area contributed by atoms with Crippen LogP contribution in [0.1, 0.15) is 18.4 Å². The Balaban J connectivity index is 1.57. The summed E-state index contributed by atoms with van der Waals surface area (Å²) in [4.78, 5) is 11.8. The van der Waals surface area contributed by atoms with Crippen LogP contribution in [0.4, 0.5) is 15.8 Å². The monoisotopic (exact) mass is 455 g/mol. The van der Waals surface area contributed by atoms with Gasteiger partial charge in [0, 0.05) is 17.6 Å². The average Bonchev–Trinajstić information content (AvgIpc) is 3.56. The Hall–Kier alpha value is -3.33. The van der Waals surface area contributed by atoms with Crippen LogP contribution in [0, 0.1) is 11.7 Å². The lowest BCUT2D eigenvalue weighted by Crippen LogP contribution is -2.30. The van der Waals surface area contributed by atoms with Crippen molar-refractivity contribution in [3.05, 3.63) is 66.0 Å². The highest BCUT2D eigenvalue weighted by atomic mass is 32.2. The lowest BCUT2D eigenvalue weighted by Gasteiger charge is -2.21. The number of carbonyl (C=O) groups is 1. The zero-order valence-electron chi connectivity index (χ0n) is 17.2. The van der Waals surface area contributed by atoms with Gasteiger partial charge in [-0.15, -0.1) is 0 Å². The number of amides is 1. The van der Waals surface area contributed by atoms with E-state index in [2.05, 4.69) is 5.32 Å². The summed E-state index contributed by atoms with van der Waals surface area (Å²) in [6.07, 6.45) is 2.38. The minimum absolute atomic E-state index is 0.0533. The SMILES string of the molecule is O=C1CN(c2c(OCc3ccccc3)cc3ccc(NCC4CC4)cc3c2F)S(=O)(=O)N1. The molecule has 2 aliphatic rings. The zero-order chi connectivity index (χ0) is 22.3. The van der Waals surface area contributed by atoms with Crippen molar-refractivity contribution < 1.29 is 22.3 Å². The van der Waals surface area contributed by atoms with Crippen LogP contribution in [0.3, 0.4) is 0 Å². The van der Waals surface area contributed by atoms with Gasteiger partial charge in [0.15, 0.2) is 5.82 Å². The Morgan fingerprint density at radius 3 is 2.59 bits per heavy atom. The van der Waals surface area contributed by atoms with Crippen molar-refractivity contribution in [2.75, 3.05) is 22.7 Å². The van der Waals surface area contributed by atoms with E-state index in [1.807, 2.05) is 41.1 Å². The van der Waals surface area contributed by atoms with Crippen molar-refractivity contribution >= 4 is 38.3 Å². The summed E-state index contributed by atoms with van der Waals surface area (Å²) < 4.78 is 49.3. The van der Waals surface area contributed by atoms with Gasteiger partial charge in [0.1, 0.15) is 24.6 Å². The van der Waals surface area contributed by atoms with Gasteiger partial charge in [-0.05, 0) is 47.9 Å². The Kier molecular flexibility index (Phi) is 5.13. The summed E-state index contributed by atoms with van der Waals surface area (Å²) >= 11 is 0. The number of ether oxygens (including phenoxy) is 1. The fourth-order valence-electron chi connectivity index (χ4n) is 3.74. The molecule has 5 rings (SSSR count). The first-order valence-corrected chi connectivity index (χ1v) is 11.8. The number of hydrogen-bond donors (Lipinski definition) is 2. The molecule has 0 atom stereocenters. The summed E-state index contributed by atoms with van der Waals surface area (Å²) in [6, 6.07) is 16.2. The van der Waals surface area contributed by atoms with Gasteiger partial charge in [0.05, 0.1) is 0 Å². The first-order valence-electron chi connectivity index (χ1n) is 10.4. The number of rotatable bonds is 7. The average molecular weight is 456 g/mol. The molecule has 7 nitrogen and oxygen atoms in total. The minimum atomic E-state index is -4.21. The Morgan fingerprint density at radius 1 is 1.12 bits per heavy atom. The van der Waals surface area contributed by atoms with Gasteiger partial charge in [-0.1, -0.05) is 36.4 Å². The molecule has 9 heteroatoms. The van der Waals surface area contributed by atoms with Gasteiger partial charge in [-0.25, -0.2) is 13.4 Å². The predicted molar refractivity (Wildman–Crippen MR) is 120 cm³/mol. The van der Waals surface area contributed by atoms with E-state index in [0.717, 1.165) is 22.1 Å². The highest BCUT2D eigenvalue weighted by Crippen LogP contribution is 2.40. The Morgan fingerprint density at radius 2 is 1.91 bits per heavy atom. The van der Waals surface area contributed by atoms with E-state index in [9.17, 15) is 13.2 Å². The number of nitrogens with zero attached hydrogens (tertiary/aromatic N) is 1. The van der Waals surface area contributed by atoms with Gasteiger partial charge >= 0.3 is 10.2 Å². The fraction of sp³-hybridized carbons (Fsp3) is 0.261. The molecule has 166 valence electrons. The lowest BCUT2D eigenvalue weighted by molar-refractivity contribution is -0.117. The van der Waals surface area contributed by atoms with E-state index in [1.54, 1.807) is 18.2 Å². The van der Waals surface area contributed by atoms with E-state index >= 15 is 4.39 Å². The molecule has 32 heavy (non-hydrogen) atoms. The number of halogens is 1. The van der Waals surface area contributed by atoms with E-state index in [-0.39, 0.29) is 23.4 Å². The second-order valence-corrected chi connectivity index (χ2v) is 9.70. The second kappa shape index (κ2) is 7.98. The van der Waals surface area contributed by atoms with Crippen LogP contribution < -0.4 is 19.1 Å². The molecule has 3 aromatic rings. The first kappa shape index (κ1) is 20.6. The standard InChI is InChI=1S/C23H22FN3O4S/c24-22-19-11-18(25-12-15-6-7-15)9-8-17(19)10-20(31-14-16-4-2-1-3-5-16)23(22)27-13-21(28)26-32(27,29)30/h1-5,8-11,15,25H,6-7,12-14H2,(H,26,28). The molecule has 0 bridgehead atoms. The molecule has 2 fully saturated rings. The molecule has 1 aliphatic carbocycles. The van der Waals surface area contributed by atoms with Crippen molar-refractivity contribution in [1.82, 2.24) is 4.72 Å². The molecule has 1 saturated carbocycles. The Bertz CT molecular complexity index is 1290. The topological polar surface area (TPSA) is 87.7 Å². The van der Waals surface area contributed by atoms with Crippen LogP contribution in [0.25, 0.3) is 10.8 Å². The van der Waals surface area contributed by atoms with Crippen molar-refractivity contribution in [3.63, 3.8) is 0 Å². The van der Waals surface area contributed by atoms with Crippen LogP contribution in [-0.2, 0) is 21.6 Å². The Labute approximate surface area is 185 Å². The summed E-state index contributed by atoms with van der Waals surface area (Å²) in [5.41, 5.74) is 1.33. The van der Waals surface area contributed by atoms with Crippen LogP contribution in [-0.4, -0.2) is 27.4 Å². The van der Waals surface area contributed by atoms with Crippen LogP contribution in [0.15, 0.2) is 54.6 Å². The largest absolute Gasteiger partial charge is 0.487 e. The number of nitrogens with one attached hydrogen (secondary N) is 2.